The fourth-order valence-electron chi connectivity index (χ4n) is 2.59. The molecule has 0 N–H and O–H groups in total. The summed E-state index contributed by atoms with van der Waals surface area (Å²) in [5, 5.41) is 0. The van der Waals surface area contributed by atoms with Crippen LogP contribution in [0, 0.1) is 12.8 Å². The molecule has 1 aromatic rings. The van der Waals surface area contributed by atoms with Crippen molar-refractivity contribution in [3.05, 3.63) is 22.3 Å². The number of hydrogen-bond donors (Lipinski definition) is 0. The Bertz CT molecular complexity index is 384. The molecule has 0 spiro atoms. The molecule has 1 saturated carbocycles. The maximum Gasteiger partial charge on any atom is 0.142 e. The molecule has 2 rings (SSSR count). The molecule has 0 atom stereocenters. The Labute approximate surface area is 113 Å². The van der Waals surface area contributed by atoms with Gasteiger partial charge in [-0.15, -0.1) is 0 Å². The minimum atomic E-state index is 0.651. The number of anilines is 1. The van der Waals surface area contributed by atoms with E-state index < -0.39 is 0 Å². The van der Waals surface area contributed by atoms with Crippen LogP contribution < -0.4 is 4.90 Å². The zero-order valence-electron chi connectivity index (χ0n) is 10.9. The predicted octanol–water partition coefficient (Wildman–Crippen LogP) is 4.17. The molecular formula is C14H21BrN2. The maximum atomic E-state index is 4.55. The summed E-state index contributed by atoms with van der Waals surface area (Å²) in [5.74, 6) is 1.98. The third-order valence-corrected chi connectivity index (χ3v) is 4.41. The van der Waals surface area contributed by atoms with Crippen LogP contribution in [0.1, 0.15) is 38.2 Å². The topological polar surface area (TPSA) is 16.1 Å². The summed E-state index contributed by atoms with van der Waals surface area (Å²) in [6, 6.07) is 2.79. The van der Waals surface area contributed by atoms with E-state index >= 15 is 0 Å². The Morgan fingerprint density at radius 1 is 1.29 bits per heavy atom. The Morgan fingerprint density at radius 2 is 1.94 bits per heavy atom. The Hall–Kier alpha value is -0.570. The average Bonchev–Trinajstić information content (AvgIpc) is 2.29. The van der Waals surface area contributed by atoms with Gasteiger partial charge in [-0.2, -0.15) is 0 Å². The standard InChI is InChI=1S/C14H21BrN2/c1-10-4-6-12(7-5-10)17(3)14-13(15)8-11(2)9-16-14/h8-10,12H,4-7H2,1-3H3. The van der Waals surface area contributed by atoms with Crippen LogP contribution in [-0.4, -0.2) is 18.1 Å². The van der Waals surface area contributed by atoms with Gasteiger partial charge in [-0.3, -0.25) is 0 Å². The lowest BCUT2D eigenvalue weighted by Crippen LogP contribution is -2.35. The first-order valence-electron chi connectivity index (χ1n) is 6.43. The van der Waals surface area contributed by atoms with Gasteiger partial charge in [0.05, 0.1) is 4.47 Å². The second-order valence-corrected chi connectivity index (χ2v) is 6.20. The smallest absolute Gasteiger partial charge is 0.142 e. The number of aromatic nitrogens is 1. The monoisotopic (exact) mass is 296 g/mol. The van der Waals surface area contributed by atoms with E-state index in [1.807, 2.05) is 6.20 Å². The summed E-state index contributed by atoms with van der Waals surface area (Å²) in [5.41, 5.74) is 1.20. The van der Waals surface area contributed by atoms with E-state index in [1.54, 1.807) is 0 Å². The Balaban J connectivity index is 2.11. The predicted molar refractivity (Wildman–Crippen MR) is 76.5 cm³/mol. The quantitative estimate of drug-likeness (QED) is 0.814. The van der Waals surface area contributed by atoms with Crippen molar-refractivity contribution in [1.29, 1.82) is 0 Å². The fourth-order valence-corrected chi connectivity index (χ4v) is 3.33. The Kier molecular flexibility index (Phi) is 4.08. The van der Waals surface area contributed by atoms with E-state index in [-0.39, 0.29) is 0 Å². The summed E-state index contributed by atoms with van der Waals surface area (Å²) in [4.78, 5) is 6.89. The van der Waals surface area contributed by atoms with Gasteiger partial charge in [-0.1, -0.05) is 6.92 Å². The molecule has 94 valence electrons. The van der Waals surface area contributed by atoms with Crippen LogP contribution in [0.2, 0.25) is 0 Å². The lowest BCUT2D eigenvalue weighted by molar-refractivity contribution is 0.340. The minimum Gasteiger partial charge on any atom is -0.356 e. The van der Waals surface area contributed by atoms with Gasteiger partial charge in [0.1, 0.15) is 5.82 Å². The van der Waals surface area contributed by atoms with Crippen molar-refractivity contribution >= 4 is 21.7 Å². The molecule has 1 aliphatic rings. The summed E-state index contributed by atoms with van der Waals surface area (Å²) in [6.07, 6.45) is 7.22. The SMILES string of the molecule is Cc1cnc(N(C)C2CCC(C)CC2)c(Br)c1. The number of rotatable bonds is 2. The van der Waals surface area contributed by atoms with Crippen molar-refractivity contribution in [3.63, 3.8) is 0 Å². The highest BCUT2D eigenvalue weighted by Gasteiger charge is 2.23. The van der Waals surface area contributed by atoms with E-state index in [0.29, 0.717) is 6.04 Å². The van der Waals surface area contributed by atoms with Crippen molar-refractivity contribution in [3.8, 4) is 0 Å². The highest BCUT2D eigenvalue weighted by molar-refractivity contribution is 9.10. The van der Waals surface area contributed by atoms with E-state index in [2.05, 4.69) is 52.8 Å². The highest BCUT2D eigenvalue weighted by Crippen LogP contribution is 2.31. The maximum absolute atomic E-state index is 4.55. The molecule has 0 bridgehead atoms. The van der Waals surface area contributed by atoms with Gasteiger partial charge in [0.25, 0.3) is 0 Å². The van der Waals surface area contributed by atoms with E-state index in [0.717, 1.165) is 16.2 Å². The number of pyridine rings is 1. The molecule has 1 fully saturated rings. The normalized spacial score (nSPS) is 24.7. The molecule has 1 aliphatic carbocycles. The van der Waals surface area contributed by atoms with Gasteiger partial charge in [0.15, 0.2) is 0 Å². The van der Waals surface area contributed by atoms with Crippen LogP contribution in [0.4, 0.5) is 5.82 Å². The summed E-state index contributed by atoms with van der Waals surface area (Å²) in [7, 11) is 2.17. The second-order valence-electron chi connectivity index (χ2n) is 5.34. The van der Waals surface area contributed by atoms with Gasteiger partial charge in [0.2, 0.25) is 0 Å². The lowest BCUT2D eigenvalue weighted by Gasteiger charge is -2.34. The minimum absolute atomic E-state index is 0.651. The largest absolute Gasteiger partial charge is 0.356 e. The molecular weight excluding hydrogens is 276 g/mol. The zero-order chi connectivity index (χ0) is 12.4. The highest BCUT2D eigenvalue weighted by atomic mass is 79.9. The zero-order valence-corrected chi connectivity index (χ0v) is 12.5. The summed E-state index contributed by atoms with van der Waals surface area (Å²) in [6.45, 7) is 4.43. The van der Waals surface area contributed by atoms with Crippen molar-refractivity contribution < 1.29 is 0 Å². The van der Waals surface area contributed by atoms with Crippen molar-refractivity contribution in [2.75, 3.05) is 11.9 Å². The van der Waals surface area contributed by atoms with Gasteiger partial charge in [0, 0.05) is 19.3 Å². The average molecular weight is 297 g/mol. The molecule has 0 aliphatic heterocycles. The van der Waals surface area contributed by atoms with Crippen LogP contribution in [0.5, 0.6) is 0 Å². The molecule has 0 saturated heterocycles. The van der Waals surface area contributed by atoms with Gasteiger partial charge in [-0.25, -0.2) is 4.98 Å². The lowest BCUT2D eigenvalue weighted by atomic mass is 9.87. The first-order chi connectivity index (χ1) is 8.08. The van der Waals surface area contributed by atoms with E-state index in [4.69, 9.17) is 0 Å². The number of hydrogen-bond acceptors (Lipinski definition) is 2. The molecule has 3 heteroatoms. The first kappa shape index (κ1) is 12.9. The van der Waals surface area contributed by atoms with Gasteiger partial charge >= 0.3 is 0 Å². The van der Waals surface area contributed by atoms with E-state index in [1.165, 1.54) is 31.2 Å². The first-order valence-corrected chi connectivity index (χ1v) is 7.22. The molecule has 1 heterocycles. The van der Waals surface area contributed by atoms with Crippen molar-refractivity contribution in [2.45, 2.75) is 45.6 Å². The van der Waals surface area contributed by atoms with Crippen molar-refractivity contribution in [1.82, 2.24) is 4.98 Å². The molecule has 2 nitrogen and oxygen atoms in total. The molecule has 0 amide bonds. The second kappa shape index (κ2) is 5.38. The number of aryl methyl sites for hydroxylation is 1. The van der Waals surface area contributed by atoms with Crippen LogP contribution in [0.3, 0.4) is 0 Å². The molecule has 0 radical (unpaired) electrons. The molecule has 0 unspecified atom stereocenters. The van der Waals surface area contributed by atoms with Gasteiger partial charge < -0.3 is 4.90 Å². The third-order valence-electron chi connectivity index (χ3n) is 3.83. The van der Waals surface area contributed by atoms with Crippen LogP contribution >= 0.6 is 15.9 Å². The Morgan fingerprint density at radius 3 is 2.53 bits per heavy atom. The number of nitrogens with zero attached hydrogens (tertiary/aromatic N) is 2. The van der Waals surface area contributed by atoms with Crippen LogP contribution in [0.15, 0.2) is 16.7 Å². The number of halogens is 1. The van der Waals surface area contributed by atoms with E-state index in [9.17, 15) is 0 Å². The van der Waals surface area contributed by atoms with Crippen LogP contribution in [0.25, 0.3) is 0 Å². The fraction of sp³-hybridized carbons (Fsp3) is 0.643. The summed E-state index contributed by atoms with van der Waals surface area (Å²) >= 11 is 3.62. The molecule has 1 aromatic heterocycles. The molecule has 17 heavy (non-hydrogen) atoms. The van der Waals surface area contributed by atoms with Crippen LogP contribution in [-0.2, 0) is 0 Å². The molecule has 0 aromatic carbocycles. The summed E-state index contributed by atoms with van der Waals surface area (Å²) < 4.78 is 1.11. The van der Waals surface area contributed by atoms with Gasteiger partial charge in [-0.05, 0) is 66.1 Å². The third kappa shape index (κ3) is 3.01. The van der Waals surface area contributed by atoms with Crippen molar-refractivity contribution in [2.24, 2.45) is 5.92 Å².